The van der Waals surface area contributed by atoms with E-state index in [2.05, 4.69) is 26.1 Å². The molecule has 3 heteroatoms. The predicted molar refractivity (Wildman–Crippen MR) is 61.1 cm³/mol. The van der Waals surface area contributed by atoms with Crippen LogP contribution >= 0.6 is 0 Å². The smallest absolute Gasteiger partial charge is 0.0526 e. The Kier molecular flexibility index (Phi) is 7.15. The fourth-order valence-electron chi connectivity index (χ4n) is 1.54. The van der Waals surface area contributed by atoms with Gasteiger partial charge in [0.2, 0.25) is 0 Å². The van der Waals surface area contributed by atoms with Crippen LogP contribution in [0.5, 0.6) is 0 Å². The molecule has 0 fully saturated rings. The van der Waals surface area contributed by atoms with Crippen molar-refractivity contribution < 1.29 is 5.11 Å². The number of hydrogen-bond donors (Lipinski definition) is 3. The molecule has 3 atom stereocenters. The molecule has 86 valence electrons. The van der Waals surface area contributed by atoms with E-state index in [-0.39, 0.29) is 6.10 Å². The zero-order chi connectivity index (χ0) is 11.1. The van der Waals surface area contributed by atoms with E-state index >= 15 is 0 Å². The first-order valence-corrected chi connectivity index (χ1v) is 5.58. The maximum absolute atomic E-state index is 9.19. The van der Waals surface area contributed by atoms with Crippen LogP contribution < -0.4 is 11.1 Å². The Morgan fingerprint density at radius 2 is 1.79 bits per heavy atom. The molecule has 14 heavy (non-hydrogen) atoms. The van der Waals surface area contributed by atoms with Crippen molar-refractivity contribution in [3.8, 4) is 0 Å². The maximum Gasteiger partial charge on any atom is 0.0526 e. The third-order valence-electron chi connectivity index (χ3n) is 2.67. The molecule has 0 saturated carbocycles. The van der Waals surface area contributed by atoms with Gasteiger partial charge in [0.25, 0.3) is 0 Å². The lowest BCUT2D eigenvalue weighted by molar-refractivity contribution is 0.168. The van der Waals surface area contributed by atoms with Crippen LogP contribution in [0, 0.1) is 11.8 Å². The molecule has 0 spiro atoms. The molecule has 0 bridgehead atoms. The van der Waals surface area contributed by atoms with Crippen LogP contribution in [0.1, 0.15) is 34.1 Å². The van der Waals surface area contributed by atoms with E-state index in [9.17, 15) is 5.11 Å². The predicted octanol–water partition coefficient (Wildman–Crippen LogP) is 0.966. The molecule has 0 aliphatic carbocycles. The quantitative estimate of drug-likeness (QED) is 0.576. The fourth-order valence-corrected chi connectivity index (χ4v) is 1.54. The highest BCUT2D eigenvalue weighted by Crippen LogP contribution is 2.08. The minimum absolute atomic E-state index is 0.229. The second-order valence-corrected chi connectivity index (χ2v) is 4.63. The van der Waals surface area contributed by atoms with Crippen LogP contribution in [0.15, 0.2) is 0 Å². The summed E-state index contributed by atoms with van der Waals surface area (Å²) in [6.07, 6.45) is 0.572. The van der Waals surface area contributed by atoms with E-state index in [1.54, 1.807) is 0 Å². The minimum Gasteiger partial charge on any atom is -0.393 e. The third kappa shape index (κ3) is 6.35. The Morgan fingerprint density at radius 1 is 1.21 bits per heavy atom. The first kappa shape index (κ1) is 13.9. The molecule has 0 aromatic heterocycles. The summed E-state index contributed by atoms with van der Waals surface area (Å²) in [4.78, 5) is 0. The molecule has 4 N–H and O–H groups in total. The van der Waals surface area contributed by atoms with Gasteiger partial charge in [0.1, 0.15) is 0 Å². The molecule has 0 amide bonds. The topological polar surface area (TPSA) is 58.3 Å². The molecule has 0 saturated heterocycles. The summed E-state index contributed by atoms with van der Waals surface area (Å²) in [5.74, 6) is 1.15. The molecular weight excluding hydrogens is 176 g/mol. The summed E-state index contributed by atoms with van der Waals surface area (Å²) in [5.41, 5.74) is 5.67. The van der Waals surface area contributed by atoms with Crippen LogP contribution in [0.25, 0.3) is 0 Å². The third-order valence-corrected chi connectivity index (χ3v) is 2.67. The van der Waals surface area contributed by atoms with Gasteiger partial charge in [-0.3, -0.25) is 0 Å². The fraction of sp³-hybridized carbons (Fsp3) is 1.00. The van der Waals surface area contributed by atoms with Gasteiger partial charge in [0, 0.05) is 6.04 Å². The van der Waals surface area contributed by atoms with Gasteiger partial charge in [-0.05, 0) is 45.2 Å². The van der Waals surface area contributed by atoms with Crippen molar-refractivity contribution in [2.45, 2.75) is 46.3 Å². The van der Waals surface area contributed by atoms with E-state index in [0.717, 1.165) is 19.5 Å². The number of hydrogen-bond acceptors (Lipinski definition) is 3. The average molecular weight is 202 g/mol. The Hall–Kier alpha value is -0.120. The molecular formula is C11H26N2O. The molecule has 3 nitrogen and oxygen atoms in total. The van der Waals surface area contributed by atoms with Gasteiger partial charge in [-0.25, -0.2) is 0 Å². The lowest BCUT2D eigenvalue weighted by atomic mass is 9.95. The monoisotopic (exact) mass is 202 g/mol. The molecule has 3 unspecified atom stereocenters. The van der Waals surface area contributed by atoms with Crippen LogP contribution in [-0.4, -0.2) is 30.3 Å². The number of aliphatic hydroxyl groups is 1. The summed E-state index contributed by atoms with van der Waals surface area (Å²) >= 11 is 0. The summed E-state index contributed by atoms with van der Waals surface area (Å²) < 4.78 is 0. The van der Waals surface area contributed by atoms with E-state index in [1.807, 2.05) is 6.92 Å². The second kappa shape index (κ2) is 7.21. The van der Waals surface area contributed by atoms with E-state index in [4.69, 9.17) is 5.73 Å². The zero-order valence-corrected chi connectivity index (χ0v) is 9.96. The first-order valence-electron chi connectivity index (χ1n) is 5.58. The largest absolute Gasteiger partial charge is 0.393 e. The van der Waals surface area contributed by atoms with Crippen molar-refractivity contribution in [1.29, 1.82) is 0 Å². The van der Waals surface area contributed by atoms with E-state index < -0.39 is 0 Å². The van der Waals surface area contributed by atoms with Crippen molar-refractivity contribution in [3.05, 3.63) is 0 Å². The molecule has 0 aromatic carbocycles. The van der Waals surface area contributed by atoms with Gasteiger partial charge in [-0.15, -0.1) is 0 Å². The van der Waals surface area contributed by atoms with E-state index in [0.29, 0.717) is 17.9 Å². The second-order valence-electron chi connectivity index (χ2n) is 4.63. The van der Waals surface area contributed by atoms with Crippen molar-refractivity contribution in [1.82, 2.24) is 5.32 Å². The lowest BCUT2D eigenvalue weighted by Gasteiger charge is -2.22. The molecule has 0 rings (SSSR count). The van der Waals surface area contributed by atoms with Crippen LogP contribution in [0.2, 0.25) is 0 Å². The van der Waals surface area contributed by atoms with Crippen molar-refractivity contribution >= 4 is 0 Å². The standard InChI is InChI=1S/C11H26N2O/c1-8(2)11(6-12)7-13-9(3)5-10(4)14/h8-11,13-14H,5-7,12H2,1-4H3. The highest BCUT2D eigenvalue weighted by atomic mass is 16.3. The molecule has 0 radical (unpaired) electrons. The van der Waals surface area contributed by atoms with Gasteiger partial charge in [0.15, 0.2) is 0 Å². The molecule has 0 heterocycles. The molecule has 0 aliphatic rings. The van der Waals surface area contributed by atoms with Crippen LogP contribution in [-0.2, 0) is 0 Å². The number of rotatable bonds is 7. The Balaban J connectivity index is 3.68. The van der Waals surface area contributed by atoms with Crippen molar-refractivity contribution in [2.24, 2.45) is 17.6 Å². The zero-order valence-electron chi connectivity index (χ0n) is 9.96. The van der Waals surface area contributed by atoms with Crippen LogP contribution in [0.4, 0.5) is 0 Å². The van der Waals surface area contributed by atoms with Gasteiger partial charge in [-0.2, -0.15) is 0 Å². The number of nitrogens with one attached hydrogen (secondary N) is 1. The van der Waals surface area contributed by atoms with Crippen molar-refractivity contribution in [2.75, 3.05) is 13.1 Å². The normalized spacial score (nSPS) is 18.2. The maximum atomic E-state index is 9.19. The Bertz CT molecular complexity index is 137. The number of aliphatic hydroxyl groups excluding tert-OH is 1. The molecule has 0 aliphatic heterocycles. The highest BCUT2D eigenvalue weighted by molar-refractivity contribution is 4.70. The Labute approximate surface area is 88.1 Å². The van der Waals surface area contributed by atoms with E-state index in [1.165, 1.54) is 0 Å². The highest BCUT2D eigenvalue weighted by Gasteiger charge is 2.13. The van der Waals surface area contributed by atoms with Gasteiger partial charge in [0.05, 0.1) is 6.10 Å². The Morgan fingerprint density at radius 3 is 2.14 bits per heavy atom. The summed E-state index contributed by atoms with van der Waals surface area (Å²) in [6.45, 7) is 9.98. The first-order chi connectivity index (χ1) is 6.47. The minimum atomic E-state index is -0.229. The number of nitrogens with two attached hydrogens (primary N) is 1. The summed E-state index contributed by atoms with van der Waals surface area (Å²) in [6, 6.07) is 0.364. The van der Waals surface area contributed by atoms with Gasteiger partial charge in [-0.1, -0.05) is 13.8 Å². The SMILES string of the molecule is CC(O)CC(C)NCC(CN)C(C)C. The lowest BCUT2D eigenvalue weighted by Crippen LogP contribution is -2.37. The van der Waals surface area contributed by atoms with Crippen molar-refractivity contribution in [3.63, 3.8) is 0 Å². The molecule has 0 aromatic rings. The van der Waals surface area contributed by atoms with Gasteiger partial charge >= 0.3 is 0 Å². The van der Waals surface area contributed by atoms with Gasteiger partial charge < -0.3 is 16.2 Å². The summed E-state index contributed by atoms with van der Waals surface area (Å²) in [7, 11) is 0. The summed E-state index contributed by atoms with van der Waals surface area (Å²) in [5, 5.41) is 12.6. The average Bonchev–Trinajstić information content (AvgIpc) is 2.03. The van der Waals surface area contributed by atoms with Crippen LogP contribution in [0.3, 0.4) is 0 Å².